The zero-order valence-corrected chi connectivity index (χ0v) is 11.6. The minimum atomic E-state index is -0.703. The number of rotatable bonds is 6. The largest absolute Gasteiger partial charge is 0.495 e. The van der Waals surface area contributed by atoms with Gasteiger partial charge in [-0.05, 0) is 38.0 Å². The van der Waals surface area contributed by atoms with E-state index in [1.165, 1.54) is 7.11 Å². The molecular weight excluding hydrogens is 244 g/mol. The predicted octanol–water partition coefficient (Wildman–Crippen LogP) is 1.62. The summed E-state index contributed by atoms with van der Waals surface area (Å²) in [5.41, 5.74) is 6.94. The molecule has 1 unspecified atom stereocenters. The molecule has 0 aromatic heterocycles. The lowest BCUT2D eigenvalue weighted by Gasteiger charge is -2.14. The molecule has 19 heavy (non-hydrogen) atoms. The molecule has 0 saturated heterocycles. The van der Waals surface area contributed by atoms with E-state index in [2.05, 4.69) is 5.32 Å². The van der Waals surface area contributed by atoms with Crippen LogP contribution in [0.25, 0.3) is 0 Å². The topological polar surface area (TPSA) is 84.6 Å². The van der Waals surface area contributed by atoms with E-state index in [1.54, 1.807) is 18.2 Å². The van der Waals surface area contributed by atoms with Gasteiger partial charge in [0.25, 0.3) is 0 Å². The average Bonchev–Trinajstić information content (AvgIpc) is 2.35. The standard InChI is InChI=1S/C14H22N2O3/c1-9(2)16-14(18)7-5-12(17)10-4-6-13(19-3)11(15)8-10/h4,6,8-9,12,17H,5,7,15H2,1-3H3,(H,16,18). The molecule has 1 rings (SSSR count). The number of methoxy groups -OCH3 is 1. The zero-order valence-electron chi connectivity index (χ0n) is 11.6. The van der Waals surface area contributed by atoms with Gasteiger partial charge in [0.05, 0.1) is 18.9 Å². The van der Waals surface area contributed by atoms with Crippen molar-refractivity contribution in [3.63, 3.8) is 0 Å². The molecule has 0 aliphatic carbocycles. The summed E-state index contributed by atoms with van der Waals surface area (Å²) in [6, 6.07) is 5.24. The number of anilines is 1. The van der Waals surface area contributed by atoms with Gasteiger partial charge in [-0.2, -0.15) is 0 Å². The fourth-order valence-electron chi connectivity index (χ4n) is 1.79. The highest BCUT2D eigenvalue weighted by molar-refractivity contribution is 5.76. The van der Waals surface area contributed by atoms with Gasteiger partial charge in [-0.3, -0.25) is 4.79 Å². The van der Waals surface area contributed by atoms with Crippen LogP contribution >= 0.6 is 0 Å². The maximum atomic E-state index is 11.5. The second kappa shape index (κ2) is 6.99. The maximum absolute atomic E-state index is 11.5. The lowest BCUT2D eigenvalue weighted by molar-refractivity contribution is -0.122. The molecule has 0 saturated carbocycles. The van der Waals surface area contributed by atoms with Crippen LogP contribution in [0.4, 0.5) is 5.69 Å². The van der Waals surface area contributed by atoms with Crippen LogP contribution in [0.1, 0.15) is 38.4 Å². The Kier molecular flexibility index (Phi) is 5.63. The fraction of sp³-hybridized carbons (Fsp3) is 0.500. The number of aliphatic hydroxyl groups excluding tert-OH is 1. The Labute approximate surface area is 113 Å². The molecule has 0 spiro atoms. The lowest BCUT2D eigenvalue weighted by Crippen LogP contribution is -2.30. The molecule has 1 aromatic rings. The van der Waals surface area contributed by atoms with E-state index >= 15 is 0 Å². The number of hydrogen-bond donors (Lipinski definition) is 3. The number of amides is 1. The highest BCUT2D eigenvalue weighted by Gasteiger charge is 2.12. The molecule has 106 valence electrons. The molecular formula is C14H22N2O3. The summed E-state index contributed by atoms with van der Waals surface area (Å²) in [4.78, 5) is 11.5. The highest BCUT2D eigenvalue weighted by atomic mass is 16.5. The van der Waals surface area contributed by atoms with Crippen molar-refractivity contribution in [2.45, 2.75) is 38.8 Å². The van der Waals surface area contributed by atoms with Crippen molar-refractivity contribution in [1.29, 1.82) is 0 Å². The van der Waals surface area contributed by atoms with Gasteiger partial charge in [0.2, 0.25) is 5.91 Å². The van der Waals surface area contributed by atoms with Crippen molar-refractivity contribution >= 4 is 11.6 Å². The van der Waals surface area contributed by atoms with E-state index in [0.717, 1.165) is 0 Å². The second-order valence-corrected chi connectivity index (χ2v) is 4.78. The SMILES string of the molecule is COc1ccc(C(O)CCC(=O)NC(C)C)cc1N. The van der Waals surface area contributed by atoms with Crippen molar-refractivity contribution in [3.05, 3.63) is 23.8 Å². The maximum Gasteiger partial charge on any atom is 0.220 e. The third kappa shape index (κ3) is 4.79. The molecule has 0 radical (unpaired) electrons. The lowest BCUT2D eigenvalue weighted by atomic mass is 10.0. The Hall–Kier alpha value is -1.75. The van der Waals surface area contributed by atoms with E-state index in [-0.39, 0.29) is 18.4 Å². The fourth-order valence-corrected chi connectivity index (χ4v) is 1.79. The summed E-state index contributed by atoms with van der Waals surface area (Å²) in [5, 5.41) is 12.8. The summed E-state index contributed by atoms with van der Waals surface area (Å²) in [7, 11) is 1.54. The Morgan fingerprint density at radius 3 is 2.68 bits per heavy atom. The first-order valence-corrected chi connectivity index (χ1v) is 6.35. The van der Waals surface area contributed by atoms with Gasteiger partial charge in [0.1, 0.15) is 5.75 Å². The third-order valence-corrected chi connectivity index (χ3v) is 2.73. The molecule has 4 N–H and O–H groups in total. The van der Waals surface area contributed by atoms with Gasteiger partial charge in [-0.15, -0.1) is 0 Å². The van der Waals surface area contributed by atoms with Gasteiger partial charge in [0, 0.05) is 12.5 Å². The molecule has 0 bridgehead atoms. The highest BCUT2D eigenvalue weighted by Crippen LogP contribution is 2.27. The number of ether oxygens (including phenoxy) is 1. The van der Waals surface area contributed by atoms with E-state index in [9.17, 15) is 9.90 Å². The third-order valence-electron chi connectivity index (χ3n) is 2.73. The van der Waals surface area contributed by atoms with E-state index in [0.29, 0.717) is 23.4 Å². The number of aliphatic hydroxyl groups is 1. The first-order valence-electron chi connectivity index (χ1n) is 6.35. The van der Waals surface area contributed by atoms with Crippen molar-refractivity contribution in [1.82, 2.24) is 5.32 Å². The van der Waals surface area contributed by atoms with Crippen LogP contribution in [0, 0.1) is 0 Å². The molecule has 5 nitrogen and oxygen atoms in total. The quantitative estimate of drug-likeness (QED) is 0.683. The molecule has 0 aliphatic heterocycles. The summed E-state index contributed by atoms with van der Waals surface area (Å²) in [6.45, 7) is 3.80. The summed E-state index contributed by atoms with van der Waals surface area (Å²) < 4.78 is 5.05. The van der Waals surface area contributed by atoms with Crippen molar-refractivity contribution < 1.29 is 14.6 Å². The van der Waals surface area contributed by atoms with Gasteiger partial charge in [0.15, 0.2) is 0 Å². The number of carbonyl (C=O) groups is 1. The van der Waals surface area contributed by atoms with Crippen LogP contribution in [-0.4, -0.2) is 24.2 Å². The van der Waals surface area contributed by atoms with Crippen LogP contribution in [-0.2, 0) is 4.79 Å². The van der Waals surface area contributed by atoms with Gasteiger partial charge < -0.3 is 20.9 Å². The monoisotopic (exact) mass is 266 g/mol. The van der Waals surface area contributed by atoms with E-state index < -0.39 is 6.10 Å². The molecule has 0 aliphatic rings. The minimum absolute atomic E-state index is 0.0597. The molecule has 1 aromatic carbocycles. The normalized spacial score (nSPS) is 12.3. The van der Waals surface area contributed by atoms with E-state index in [4.69, 9.17) is 10.5 Å². The van der Waals surface area contributed by atoms with Gasteiger partial charge >= 0.3 is 0 Å². The first kappa shape index (κ1) is 15.3. The molecule has 0 fully saturated rings. The minimum Gasteiger partial charge on any atom is -0.495 e. The van der Waals surface area contributed by atoms with E-state index in [1.807, 2.05) is 13.8 Å². The number of nitrogens with one attached hydrogen (secondary N) is 1. The zero-order chi connectivity index (χ0) is 14.4. The summed E-state index contributed by atoms with van der Waals surface area (Å²) in [5.74, 6) is 0.518. The van der Waals surface area contributed by atoms with Gasteiger partial charge in [-0.25, -0.2) is 0 Å². The Bertz CT molecular complexity index is 433. The van der Waals surface area contributed by atoms with Crippen molar-refractivity contribution in [2.24, 2.45) is 0 Å². The predicted molar refractivity (Wildman–Crippen MR) is 74.9 cm³/mol. The molecule has 1 amide bonds. The Morgan fingerprint density at radius 2 is 2.16 bits per heavy atom. The first-order chi connectivity index (χ1) is 8.93. The van der Waals surface area contributed by atoms with Crippen LogP contribution in [0.5, 0.6) is 5.75 Å². The Morgan fingerprint density at radius 1 is 1.47 bits per heavy atom. The number of benzene rings is 1. The summed E-state index contributed by atoms with van der Waals surface area (Å²) >= 11 is 0. The van der Waals surface area contributed by atoms with Crippen LogP contribution in [0.2, 0.25) is 0 Å². The van der Waals surface area contributed by atoms with Crippen LogP contribution in [0.3, 0.4) is 0 Å². The van der Waals surface area contributed by atoms with Crippen LogP contribution < -0.4 is 15.8 Å². The second-order valence-electron chi connectivity index (χ2n) is 4.78. The molecule has 0 heterocycles. The smallest absolute Gasteiger partial charge is 0.220 e. The van der Waals surface area contributed by atoms with Crippen molar-refractivity contribution in [3.8, 4) is 5.75 Å². The average molecular weight is 266 g/mol. The Balaban J connectivity index is 2.56. The van der Waals surface area contributed by atoms with Gasteiger partial charge in [-0.1, -0.05) is 6.07 Å². The number of hydrogen-bond acceptors (Lipinski definition) is 4. The van der Waals surface area contributed by atoms with Crippen LogP contribution in [0.15, 0.2) is 18.2 Å². The van der Waals surface area contributed by atoms with Crippen molar-refractivity contribution in [2.75, 3.05) is 12.8 Å². The molecule has 1 atom stereocenters. The number of carbonyl (C=O) groups excluding carboxylic acids is 1. The summed E-state index contributed by atoms with van der Waals surface area (Å²) in [6.07, 6.45) is -0.0543. The molecule has 5 heteroatoms. The number of nitrogen functional groups attached to an aromatic ring is 1. The number of nitrogens with two attached hydrogens (primary N) is 1.